The zero-order valence-corrected chi connectivity index (χ0v) is 16.9. The van der Waals surface area contributed by atoms with Gasteiger partial charge in [-0.15, -0.1) is 0 Å². The molecule has 1 aromatic carbocycles. The highest BCUT2D eigenvalue weighted by Crippen LogP contribution is 2.33. The summed E-state index contributed by atoms with van der Waals surface area (Å²) in [4.78, 5) is 6.49. The van der Waals surface area contributed by atoms with E-state index in [4.69, 9.17) is 18.9 Å². The molecule has 3 aliphatic rings. The molecule has 2 saturated heterocycles. The van der Waals surface area contributed by atoms with Crippen molar-refractivity contribution >= 4 is 0 Å². The van der Waals surface area contributed by atoms with E-state index in [1.165, 1.54) is 0 Å². The van der Waals surface area contributed by atoms with Crippen LogP contribution >= 0.6 is 0 Å². The number of benzene rings is 1. The first-order valence-electron chi connectivity index (χ1n) is 10.4. The Morgan fingerprint density at radius 2 is 2.10 bits per heavy atom. The van der Waals surface area contributed by atoms with Gasteiger partial charge >= 0.3 is 0 Å². The van der Waals surface area contributed by atoms with Gasteiger partial charge in [0, 0.05) is 31.4 Å². The van der Waals surface area contributed by atoms with Crippen LogP contribution in [0.1, 0.15) is 11.3 Å². The molecule has 3 aliphatic heterocycles. The Morgan fingerprint density at radius 1 is 1.20 bits per heavy atom. The Kier molecular flexibility index (Phi) is 5.58. The van der Waals surface area contributed by atoms with E-state index in [0.717, 1.165) is 35.7 Å². The van der Waals surface area contributed by atoms with Crippen molar-refractivity contribution in [3.8, 4) is 11.5 Å². The van der Waals surface area contributed by atoms with Crippen molar-refractivity contribution in [3.63, 3.8) is 0 Å². The highest BCUT2D eigenvalue weighted by molar-refractivity contribution is 5.44. The van der Waals surface area contributed by atoms with Crippen LogP contribution in [0.25, 0.3) is 0 Å². The van der Waals surface area contributed by atoms with E-state index in [1.54, 1.807) is 6.20 Å². The molecular weight excluding hydrogens is 386 g/mol. The summed E-state index contributed by atoms with van der Waals surface area (Å²) in [5.74, 6) is 1.52. The van der Waals surface area contributed by atoms with E-state index in [0.29, 0.717) is 13.2 Å². The van der Waals surface area contributed by atoms with E-state index in [-0.39, 0.29) is 25.0 Å². The van der Waals surface area contributed by atoms with E-state index < -0.39 is 12.4 Å². The molecule has 160 valence electrons. The molecule has 1 aromatic heterocycles. The van der Waals surface area contributed by atoms with Gasteiger partial charge in [-0.25, -0.2) is 0 Å². The maximum atomic E-state index is 11.2. The van der Waals surface area contributed by atoms with Gasteiger partial charge in [-0.3, -0.25) is 9.88 Å². The lowest BCUT2D eigenvalue weighted by Gasteiger charge is -2.42. The van der Waals surface area contributed by atoms with Crippen LogP contribution in [-0.2, 0) is 22.4 Å². The number of aromatic nitrogens is 1. The van der Waals surface area contributed by atoms with Crippen molar-refractivity contribution in [1.29, 1.82) is 0 Å². The fraction of sp³-hybridized carbons (Fsp3) is 0.500. The fourth-order valence-corrected chi connectivity index (χ4v) is 4.39. The SMILES string of the molecule is CN(CCc1ccccn1)[C@H]1[C@@H]2OC[C@@H](O2)[C@@H](NCc2ccc3c(c2)OCO3)[C@@H]1O. The third kappa shape index (κ3) is 3.89. The second-order valence-corrected chi connectivity index (χ2v) is 8.00. The topological polar surface area (TPSA) is 85.3 Å². The molecule has 5 rings (SSSR count). The molecule has 0 radical (unpaired) electrons. The highest BCUT2D eigenvalue weighted by Gasteiger charge is 2.51. The van der Waals surface area contributed by atoms with Crippen LogP contribution in [0.3, 0.4) is 0 Å². The van der Waals surface area contributed by atoms with Gasteiger partial charge < -0.3 is 29.4 Å². The van der Waals surface area contributed by atoms with Crippen molar-refractivity contribution in [2.75, 3.05) is 27.0 Å². The van der Waals surface area contributed by atoms with Crippen LogP contribution in [0, 0.1) is 0 Å². The third-order valence-electron chi connectivity index (χ3n) is 6.07. The maximum Gasteiger partial charge on any atom is 0.231 e. The Morgan fingerprint density at radius 3 is 2.97 bits per heavy atom. The first kappa shape index (κ1) is 19.7. The number of ether oxygens (including phenoxy) is 4. The van der Waals surface area contributed by atoms with E-state index in [1.807, 2.05) is 43.4 Å². The van der Waals surface area contributed by atoms with Crippen molar-refractivity contribution in [1.82, 2.24) is 15.2 Å². The van der Waals surface area contributed by atoms with Crippen LogP contribution in [-0.4, -0.2) is 72.6 Å². The van der Waals surface area contributed by atoms with E-state index in [9.17, 15) is 5.11 Å². The number of hydrogen-bond acceptors (Lipinski definition) is 8. The molecule has 30 heavy (non-hydrogen) atoms. The summed E-state index contributed by atoms with van der Waals surface area (Å²) in [5.41, 5.74) is 2.09. The zero-order chi connectivity index (χ0) is 20.5. The van der Waals surface area contributed by atoms with Gasteiger partial charge in [0.05, 0.1) is 24.8 Å². The molecule has 2 N–H and O–H groups in total. The van der Waals surface area contributed by atoms with Crippen LogP contribution in [0.4, 0.5) is 0 Å². The molecule has 0 unspecified atom stereocenters. The quantitative estimate of drug-likeness (QED) is 0.694. The number of nitrogens with zero attached hydrogens (tertiary/aromatic N) is 2. The van der Waals surface area contributed by atoms with Crippen LogP contribution in [0.15, 0.2) is 42.6 Å². The number of likely N-dealkylation sites (N-methyl/N-ethyl adjacent to an activating group) is 1. The predicted molar refractivity (Wildman–Crippen MR) is 108 cm³/mol. The lowest BCUT2D eigenvalue weighted by Crippen LogP contribution is -2.63. The number of hydrogen-bond donors (Lipinski definition) is 2. The number of pyridine rings is 1. The Labute approximate surface area is 175 Å². The summed E-state index contributed by atoms with van der Waals surface area (Å²) < 4.78 is 22.8. The van der Waals surface area contributed by atoms with Gasteiger partial charge in [0.25, 0.3) is 0 Å². The minimum atomic E-state index is -0.612. The van der Waals surface area contributed by atoms with Gasteiger partial charge in [-0.1, -0.05) is 12.1 Å². The monoisotopic (exact) mass is 413 g/mol. The molecule has 0 amide bonds. The molecule has 4 heterocycles. The van der Waals surface area contributed by atoms with Crippen molar-refractivity contribution in [3.05, 3.63) is 53.9 Å². The predicted octanol–water partition coefficient (Wildman–Crippen LogP) is 0.928. The second kappa shape index (κ2) is 8.49. The third-order valence-corrected chi connectivity index (χ3v) is 6.07. The van der Waals surface area contributed by atoms with Crippen LogP contribution in [0.5, 0.6) is 11.5 Å². The molecule has 8 nitrogen and oxygen atoms in total. The van der Waals surface area contributed by atoms with Gasteiger partial charge in [0.1, 0.15) is 6.10 Å². The minimum absolute atomic E-state index is 0.167. The van der Waals surface area contributed by atoms with Crippen molar-refractivity contribution in [2.45, 2.75) is 43.5 Å². The lowest BCUT2D eigenvalue weighted by molar-refractivity contribution is -0.178. The smallest absolute Gasteiger partial charge is 0.231 e. The summed E-state index contributed by atoms with van der Waals surface area (Å²) >= 11 is 0. The summed E-state index contributed by atoms with van der Waals surface area (Å²) in [6.45, 7) is 2.08. The maximum absolute atomic E-state index is 11.2. The average molecular weight is 413 g/mol. The summed E-state index contributed by atoms with van der Waals surface area (Å²) in [5, 5.41) is 14.7. The molecule has 2 aromatic rings. The Hall–Kier alpha value is -2.23. The van der Waals surface area contributed by atoms with E-state index >= 15 is 0 Å². The van der Waals surface area contributed by atoms with Crippen LogP contribution in [0.2, 0.25) is 0 Å². The Balaban J connectivity index is 1.23. The number of aliphatic hydroxyl groups excluding tert-OH is 1. The molecule has 0 spiro atoms. The van der Waals surface area contributed by atoms with Gasteiger partial charge in [-0.05, 0) is 36.9 Å². The van der Waals surface area contributed by atoms with Crippen LogP contribution < -0.4 is 14.8 Å². The number of nitrogens with one attached hydrogen (secondary N) is 1. The number of rotatable bonds is 7. The van der Waals surface area contributed by atoms with Crippen molar-refractivity contribution in [2.24, 2.45) is 0 Å². The summed E-state index contributed by atoms with van der Waals surface area (Å²) in [7, 11) is 2.00. The largest absolute Gasteiger partial charge is 0.454 e. The normalized spacial score (nSPS) is 29.5. The highest BCUT2D eigenvalue weighted by atomic mass is 16.7. The second-order valence-electron chi connectivity index (χ2n) is 8.00. The molecular formula is C22H27N3O5. The molecule has 5 atom stereocenters. The minimum Gasteiger partial charge on any atom is -0.454 e. The first-order valence-corrected chi connectivity index (χ1v) is 10.4. The molecule has 8 heteroatoms. The van der Waals surface area contributed by atoms with E-state index in [2.05, 4.69) is 15.2 Å². The zero-order valence-electron chi connectivity index (χ0n) is 16.9. The van der Waals surface area contributed by atoms with Gasteiger partial charge in [0.2, 0.25) is 6.79 Å². The Bertz CT molecular complexity index is 867. The standard InChI is InChI=1S/C22H27N3O5/c1-25(9-7-15-4-2-3-8-23-15)20-21(26)19(18-12-27-22(20)30-18)24-11-14-5-6-16-17(10-14)29-13-28-16/h2-6,8,10,18-22,24,26H,7,9,11-13H2,1H3/t18-,19-,20-,21+,22-/m1/s1. The lowest BCUT2D eigenvalue weighted by atomic mass is 9.94. The molecule has 2 fully saturated rings. The average Bonchev–Trinajstić information content (AvgIpc) is 3.40. The van der Waals surface area contributed by atoms with Gasteiger partial charge in [-0.2, -0.15) is 0 Å². The molecule has 0 aliphatic carbocycles. The van der Waals surface area contributed by atoms with Gasteiger partial charge in [0.15, 0.2) is 17.8 Å². The molecule has 0 saturated carbocycles. The fourth-order valence-electron chi connectivity index (χ4n) is 4.39. The van der Waals surface area contributed by atoms with Crippen molar-refractivity contribution < 1.29 is 24.1 Å². The first-order chi connectivity index (χ1) is 14.7. The molecule has 2 bridgehead atoms. The summed E-state index contributed by atoms with van der Waals surface area (Å²) in [6.07, 6.45) is 1.40. The number of aliphatic hydroxyl groups is 1. The number of fused-ring (bicyclic) bond motifs is 3. The summed E-state index contributed by atoms with van der Waals surface area (Å²) in [6, 6.07) is 11.3.